The van der Waals surface area contributed by atoms with Crippen LogP contribution in [-0.4, -0.2) is 22.9 Å². The van der Waals surface area contributed by atoms with Crippen molar-refractivity contribution in [3.8, 4) is 0 Å². The lowest BCUT2D eigenvalue weighted by Gasteiger charge is -2.02. The van der Waals surface area contributed by atoms with Crippen LogP contribution in [0.4, 0.5) is 5.95 Å². The van der Waals surface area contributed by atoms with E-state index in [1.807, 2.05) is 0 Å². The molecule has 0 spiro atoms. The molecule has 0 saturated carbocycles. The van der Waals surface area contributed by atoms with Gasteiger partial charge in [0, 0.05) is 11.9 Å². The zero-order chi connectivity index (χ0) is 10.1. The van der Waals surface area contributed by atoms with E-state index in [1.54, 1.807) is 18.6 Å². The fourth-order valence-corrected chi connectivity index (χ4v) is 1.02. The molecule has 0 unspecified atom stereocenters. The van der Waals surface area contributed by atoms with E-state index in [1.165, 1.54) is 6.20 Å². The highest BCUT2D eigenvalue weighted by molar-refractivity contribution is 7.87. The molecule has 0 aliphatic rings. The number of hydrogen-bond donors (Lipinski definition) is 2. The molecule has 0 aromatic carbocycles. The first-order chi connectivity index (χ1) is 5.88. The zero-order valence-corrected chi connectivity index (χ0v) is 7.96. The van der Waals surface area contributed by atoms with Crippen LogP contribution >= 0.6 is 0 Å². The standard InChI is InChI=1S/C6H9N3O3S/c1-4-3-7-6(8-5(4)2)9-13(10,11)12/h3H,1-2H3,(H,7,8,9)(H,10,11,12). The Hall–Kier alpha value is -1.21. The lowest BCUT2D eigenvalue weighted by Crippen LogP contribution is -2.13. The Morgan fingerprint density at radius 1 is 1.46 bits per heavy atom. The maximum atomic E-state index is 10.4. The molecule has 1 aromatic rings. The van der Waals surface area contributed by atoms with E-state index < -0.39 is 10.3 Å². The van der Waals surface area contributed by atoms with Crippen molar-refractivity contribution in [2.75, 3.05) is 4.72 Å². The van der Waals surface area contributed by atoms with Gasteiger partial charge < -0.3 is 0 Å². The molecule has 1 aromatic heterocycles. The van der Waals surface area contributed by atoms with Crippen LogP contribution in [0.2, 0.25) is 0 Å². The molecule has 7 heteroatoms. The Bertz CT molecular complexity index is 415. The van der Waals surface area contributed by atoms with Gasteiger partial charge in [0.2, 0.25) is 5.95 Å². The van der Waals surface area contributed by atoms with E-state index in [0.717, 1.165) is 5.56 Å². The average molecular weight is 203 g/mol. The molecule has 72 valence electrons. The Balaban J connectivity index is 2.99. The van der Waals surface area contributed by atoms with Crippen LogP contribution in [0, 0.1) is 13.8 Å². The van der Waals surface area contributed by atoms with Crippen molar-refractivity contribution >= 4 is 16.3 Å². The van der Waals surface area contributed by atoms with Crippen LogP contribution in [0.5, 0.6) is 0 Å². The van der Waals surface area contributed by atoms with Gasteiger partial charge in [-0.1, -0.05) is 0 Å². The first-order valence-electron chi connectivity index (χ1n) is 3.44. The molecule has 1 rings (SSSR count). The number of aromatic nitrogens is 2. The number of aryl methyl sites for hydroxylation is 2. The SMILES string of the molecule is Cc1cnc(NS(=O)(=O)O)nc1C. The van der Waals surface area contributed by atoms with E-state index in [9.17, 15) is 8.42 Å². The fourth-order valence-electron chi connectivity index (χ4n) is 0.692. The number of nitrogens with one attached hydrogen (secondary N) is 1. The Morgan fingerprint density at radius 2 is 2.08 bits per heavy atom. The van der Waals surface area contributed by atoms with Gasteiger partial charge in [0.15, 0.2) is 0 Å². The van der Waals surface area contributed by atoms with Gasteiger partial charge in [-0.3, -0.25) is 4.55 Å². The maximum Gasteiger partial charge on any atom is 0.359 e. The van der Waals surface area contributed by atoms with Crippen molar-refractivity contribution in [1.29, 1.82) is 0 Å². The summed E-state index contributed by atoms with van der Waals surface area (Å²) in [5, 5.41) is 0. The summed E-state index contributed by atoms with van der Waals surface area (Å²) in [4.78, 5) is 7.46. The predicted molar refractivity (Wildman–Crippen MR) is 46.7 cm³/mol. The van der Waals surface area contributed by atoms with Crippen LogP contribution in [0.1, 0.15) is 11.3 Å². The van der Waals surface area contributed by atoms with Gasteiger partial charge in [0.25, 0.3) is 0 Å². The van der Waals surface area contributed by atoms with Gasteiger partial charge in [-0.25, -0.2) is 14.7 Å². The molecule has 0 radical (unpaired) electrons. The highest BCUT2D eigenvalue weighted by Crippen LogP contribution is 2.05. The largest absolute Gasteiger partial charge is 0.359 e. The smallest absolute Gasteiger partial charge is 0.269 e. The number of nitrogens with zero attached hydrogens (tertiary/aromatic N) is 2. The fraction of sp³-hybridized carbons (Fsp3) is 0.333. The second-order valence-electron chi connectivity index (χ2n) is 2.54. The average Bonchev–Trinajstić information content (AvgIpc) is 1.94. The van der Waals surface area contributed by atoms with Gasteiger partial charge >= 0.3 is 10.3 Å². The number of hydrogen-bond acceptors (Lipinski definition) is 4. The third-order valence-electron chi connectivity index (χ3n) is 1.45. The Kier molecular flexibility index (Phi) is 2.48. The van der Waals surface area contributed by atoms with E-state index in [4.69, 9.17) is 4.55 Å². The second-order valence-corrected chi connectivity index (χ2v) is 3.69. The van der Waals surface area contributed by atoms with Crippen molar-refractivity contribution in [3.05, 3.63) is 17.5 Å². The van der Waals surface area contributed by atoms with Gasteiger partial charge in [0.1, 0.15) is 0 Å². The summed E-state index contributed by atoms with van der Waals surface area (Å²) in [7, 11) is -4.28. The second kappa shape index (κ2) is 3.27. The summed E-state index contributed by atoms with van der Waals surface area (Å²) in [6, 6.07) is 0. The topological polar surface area (TPSA) is 92.2 Å². The minimum atomic E-state index is -4.28. The molecule has 0 amide bonds. The zero-order valence-electron chi connectivity index (χ0n) is 7.14. The summed E-state index contributed by atoms with van der Waals surface area (Å²) in [6.07, 6.45) is 1.47. The number of anilines is 1. The molecule has 0 aliphatic heterocycles. The summed E-state index contributed by atoms with van der Waals surface area (Å²) in [5.41, 5.74) is 1.50. The molecule has 2 N–H and O–H groups in total. The van der Waals surface area contributed by atoms with Crippen molar-refractivity contribution in [2.45, 2.75) is 13.8 Å². The van der Waals surface area contributed by atoms with Crippen molar-refractivity contribution in [1.82, 2.24) is 9.97 Å². The molecule has 1 heterocycles. The van der Waals surface area contributed by atoms with Gasteiger partial charge in [0.05, 0.1) is 0 Å². The van der Waals surface area contributed by atoms with Crippen molar-refractivity contribution in [3.63, 3.8) is 0 Å². The molecule has 13 heavy (non-hydrogen) atoms. The molecule has 0 fully saturated rings. The van der Waals surface area contributed by atoms with E-state index in [-0.39, 0.29) is 5.95 Å². The van der Waals surface area contributed by atoms with Gasteiger partial charge in [-0.15, -0.1) is 0 Å². The molecule has 0 atom stereocenters. The summed E-state index contributed by atoms with van der Waals surface area (Å²) in [6.45, 7) is 3.51. The Labute approximate surface area is 75.9 Å². The monoisotopic (exact) mass is 203 g/mol. The third-order valence-corrected chi connectivity index (χ3v) is 1.89. The summed E-state index contributed by atoms with van der Waals surface area (Å²) in [5.74, 6) is -0.134. The van der Waals surface area contributed by atoms with Gasteiger partial charge in [-0.2, -0.15) is 8.42 Å². The minimum Gasteiger partial charge on any atom is -0.269 e. The van der Waals surface area contributed by atoms with E-state index in [0.29, 0.717) is 5.69 Å². The molecular weight excluding hydrogens is 194 g/mol. The first kappa shape index (κ1) is 9.87. The summed E-state index contributed by atoms with van der Waals surface area (Å²) >= 11 is 0. The molecule has 0 aliphatic carbocycles. The lowest BCUT2D eigenvalue weighted by atomic mass is 10.3. The molecule has 0 bridgehead atoms. The number of rotatable bonds is 2. The predicted octanol–water partition coefficient (Wildman–Crippen LogP) is 0.308. The van der Waals surface area contributed by atoms with Gasteiger partial charge in [-0.05, 0) is 19.4 Å². The van der Waals surface area contributed by atoms with Crippen LogP contribution in [0.15, 0.2) is 6.20 Å². The highest BCUT2D eigenvalue weighted by atomic mass is 32.2. The third kappa shape index (κ3) is 2.96. The van der Waals surface area contributed by atoms with Crippen LogP contribution in [0.25, 0.3) is 0 Å². The Morgan fingerprint density at radius 3 is 2.54 bits per heavy atom. The quantitative estimate of drug-likeness (QED) is 0.675. The lowest BCUT2D eigenvalue weighted by molar-refractivity contribution is 0.489. The van der Waals surface area contributed by atoms with Crippen molar-refractivity contribution in [2.24, 2.45) is 0 Å². The molecule has 0 saturated heterocycles. The highest BCUT2D eigenvalue weighted by Gasteiger charge is 2.06. The van der Waals surface area contributed by atoms with E-state index >= 15 is 0 Å². The maximum absolute atomic E-state index is 10.4. The normalized spacial score (nSPS) is 11.3. The van der Waals surface area contributed by atoms with Crippen molar-refractivity contribution < 1.29 is 13.0 Å². The molecule has 6 nitrogen and oxygen atoms in total. The molecular formula is C6H9N3O3S. The minimum absolute atomic E-state index is 0.134. The first-order valence-corrected chi connectivity index (χ1v) is 4.88. The van der Waals surface area contributed by atoms with Crippen LogP contribution in [-0.2, 0) is 10.3 Å². The van der Waals surface area contributed by atoms with Crippen LogP contribution < -0.4 is 4.72 Å². The van der Waals surface area contributed by atoms with Crippen LogP contribution in [0.3, 0.4) is 0 Å². The van der Waals surface area contributed by atoms with E-state index in [2.05, 4.69) is 9.97 Å². The summed E-state index contributed by atoms with van der Waals surface area (Å²) < 4.78 is 30.9.